The van der Waals surface area contributed by atoms with E-state index in [2.05, 4.69) is 31.2 Å². The molecule has 0 aliphatic heterocycles. The molecule has 0 saturated carbocycles. The van der Waals surface area contributed by atoms with Crippen LogP contribution in [0.5, 0.6) is 11.5 Å². The summed E-state index contributed by atoms with van der Waals surface area (Å²) in [5, 5.41) is 29.4. The van der Waals surface area contributed by atoms with Crippen LogP contribution in [0.3, 0.4) is 0 Å². The van der Waals surface area contributed by atoms with Crippen molar-refractivity contribution in [2.45, 2.75) is 13.5 Å². The first-order chi connectivity index (χ1) is 16.9. The summed E-state index contributed by atoms with van der Waals surface area (Å²) in [7, 11) is 3.31. The number of phenolic OH excluding ortho intramolecular Hbond substituents is 1. The highest BCUT2D eigenvalue weighted by molar-refractivity contribution is 6.01. The smallest absolute Gasteiger partial charge is 0.293 e. The van der Waals surface area contributed by atoms with E-state index in [0.717, 1.165) is 5.69 Å². The predicted molar refractivity (Wildman–Crippen MR) is 127 cm³/mol. The lowest BCUT2D eigenvalue weighted by Gasteiger charge is -2.19. The van der Waals surface area contributed by atoms with Crippen molar-refractivity contribution in [1.82, 2.24) is 30.7 Å². The van der Waals surface area contributed by atoms with Crippen molar-refractivity contribution in [3.63, 3.8) is 0 Å². The van der Waals surface area contributed by atoms with E-state index in [0.29, 0.717) is 17.0 Å². The molecule has 13 heteroatoms. The fourth-order valence-corrected chi connectivity index (χ4v) is 3.28. The van der Waals surface area contributed by atoms with Crippen LogP contribution >= 0.6 is 0 Å². The number of para-hydroxylation sites is 1. The summed E-state index contributed by atoms with van der Waals surface area (Å²) in [4.78, 5) is 15.0. The molecule has 2 heterocycles. The maximum atomic E-state index is 13.1. The summed E-state index contributed by atoms with van der Waals surface area (Å²) in [6.07, 6.45) is 0. The molecule has 4 N–H and O–H groups in total. The van der Waals surface area contributed by atoms with E-state index >= 15 is 0 Å². The number of ether oxygens (including phenoxy) is 1. The third-order valence-corrected chi connectivity index (χ3v) is 5.18. The Morgan fingerprint density at radius 1 is 1.26 bits per heavy atom. The summed E-state index contributed by atoms with van der Waals surface area (Å²) in [5.74, 6) is -0.188. The minimum absolute atomic E-state index is 0.000570. The molecule has 0 saturated heterocycles. The highest BCUT2D eigenvalue weighted by Crippen LogP contribution is 2.26. The van der Waals surface area contributed by atoms with Crippen LogP contribution in [0.1, 0.15) is 28.7 Å². The first-order valence-corrected chi connectivity index (χ1v) is 10.4. The summed E-state index contributed by atoms with van der Waals surface area (Å²) in [5.41, 5.74) is 10.8. The van der Waals surface area contributed by atoms with E-state index in [9.17, 15) is 9.90 Å². The summed E-state index contributed by atoms with van der Waals surface area (Å²) in [6, 6.07) is 14.3. The first-order valence-electron chi connectivity index (χ1n) is 10.4. The molecular weight excluding hydrogens is 454 g/mol. The number of anilines is 2. The van der Waals surface area contributed by atoms with Gasteiger partial charge in [0.05, 0.1) is 25.1 Å². The Bertz CT molecular complexity index is 1360. The molecule has 0 atom stereocenters. The number of methoxy groups -OCH3 is 1. The standard InChI is InChI=1S/C22H23N9O4/c1-13(14-9-10-17(32)18(11-14)34-3)24-26-22(33)19-16(12-30(2)15-7-5-4-6-8-15)31(29-25-19)21-20(23)27-35-28-21/h4-11,32H,12H2,1-3H3,(H2,23,27)(H,26,33)/b24-13-. The Hall–Kier alpha value is -4.94. The monoisotopic (exact) mass is 477 g/mol. The van der Waals surface area contributed by atoms with Gasteiger partial charge in [-0.1, -0.05) is 23.4 Å². The molecule has 2 aromatic heterocycles. The lowest BCUT2D eigenvalue weighted by Crippen LogP contribution is -2.25. The molecule has 0 radical (unpaired) electrons. The predicted octanol–water partition coefficient (Wildman–Crippen LogP) is 1.74. The number of aromatic hydroxyl groups is 1. The normalized spacial score (nSPS) is 11.3. The maximum absolute atomic E-state index is 13.1. The van der Waals surface area contributed by atoms with Gasteiger partial charge < -0.3 is 20.5 Å². The van der Waals surface area contributed by atoms with Crippen LogP contribution in [-0.4, -0.2) is 56.2 Å². The van der Waals surface area contributed by atoms with E-state index in [1.54, 1.807) is 19.1 Å². The number of hydrogen-bond donors (Lipinski definition) is 3. The average molecular weight is 477 g/mol. The number of nitrogens with two attached hydrogens (primary N) is 1. The van der Waals surface area contributed by atoms with E-state index < -0.39 is 5.91 Å². The topological polar surface area (TPSA) is 170 Å². The van der Waals surface area contributed by atoms with Crippen LogP contribution in [0.2, 0.25) is 0 Å². The summed E-state index contributed by atoms with van der Waals surface area (Å²) in [6.45, 7) is 1.94. The fraction of sp³-hybridized carbons (Fsp3) is 0.182. The van der Waals surface area contributed by atoms with Gasteiger partial charge in [0.25, 0.3) is 5.91 Å². The van der Waals surface area contributed by atoms with E-state index in [-0.39, 0.29) is 35.4 Å². The second kappa shape index (κ2) is 9.91. The number of phenols is 1. The van der Waals surface area contributed by atoms with Gasteiger partial charge in [0.2, 0.25) is 11.6 Å². The number of carbonyl (C=O) groups is 1. The van der Waals surface area contributed by atoms with Gasteiger partial charge in [-0.05, 0) is 47.6 Å². The quantitative estimate of drug-likeness (QED) is 0.251. The number of hydrazone groups is 1. The van der Waals surface area contributed by atoms with Crippen LogP contribution in [0.4, 0.5) is 11.5 Å². The van der Waals surface area contributed by atoms with Crippen LogP contribution in [-0.2, 0) is 6.54 Å². The Labute approximate surface area is 199 Å². The van der Waals surface area contributed by atoms with Gasteiger partial charge in [-0.3, -0.25) is 4.79 Å². The third-order valence-electron chi connectivity index (χ3n) is 5.18. The van der Waals surface area contributed by atoms with Crippen molar-refractivity contribution < 1.29 is 19.3 Å². The van der Waals surface area contributed by atoms with Gasteiger partial charge in [-0.15, -0.1) is 5.10 Å². The zero-order valence-corrected chi connectivity index (χ0v) is 19.2. The lowest BCUT2D eigenvalue weighted by atomic mass is 10.1. The van der Waals surface area contributed by atoms with Crippen LogP contribution in [0.15, 0.2) is 58.3 Å². The number of nitrogens with one attached hydrogen (secondary N) is 1. The van der Waals surface area contributed by atoms with E-state index in [1.165, 1.54) is 17.9 Å². The molecule has 4 aromatic rings. The Balaban J connectivity index is 1.63. The number of rotatable bonds is 8. The van der Waals surface area contributed by atoms with Crippen molar-refractivity contribution in [2.24, 2.45) is 5.10 Å². The van der Waals surface area contributed by atoms with Gasteiger partial charge in [0, 0.05) is 18.3 Å². The number of carbonyl (C=O) groups excluding carboxylic acids is 1. The summed E-state index contributed by atoms with van der Waals surface area (Å²) < 4.78 is 11.1. The molecule has 13 nitrogen and oxygen atoms in total. The SMILES string of the molecule is COc1cc(/C(C)=N\NC(=O)c2nnn(-c3nonc3N)c2CN(C)c2ccccc2)ccc1O. The number of benzene rings is 2. The van der Waals surface area contributed by atoms with Gasteiger partial charge in [0.15, 0.2) is 17.2 Å². The lowest BCUT2D eigenvalue weighted by molar-refractivity contribution is 0.0948. The molecule has 0 spiro atoms. The number of nitrogen functional groups attached to an aromatic ring is 1. The molecular formula is C22H23N9O4. The van der Waals surface area contributed by atoms with Gasteiger partial charge in [-0.2, -0.15) is 9.78 Å². The fourth-order valence-electron chi connectivity index (χ4n) is 3.28. The van der Waals surface area contributed by atoms with Crippen molar-refractivity contribution in [3.8, 4) is 17.3 Å². The van der Waals surface area contributed by atoms with Crippen LogP contribution < -0.4 is 20.8 Å². The van der Waals surface area contributed by atoms with Crippen molar-refractivity contribution in [1.29, 1.82) is 0 Å². The van der Waals surface area contributed by atoms with E-state index in [1.807, 2.05) is 42.3 Å². The summed E-state index contributed by atoms with van der Waals surface area (Å²) >= 11 is 0. The molecule has 1 amide bonds. The van der Waals surface area contributed by atoms with Crippen LogP contribution in [0.25, 0.3) is 5.82 Å². The zero-order valence-electron chi connectivity index (χ0n) is 19.2. The molecule has 2 aromatic carbocycles. The van der Waals surface area contributed by atoms with Crippen molar-refractivity contribution in [3.05, 3.63) is 65.5 Å². The largest absolute Gasteiger partial charge is 0.504 e. The zero-order chi connectivity index (χ0) is 24.9. The molecule has 0 aliphatic carbocycles. The Morgan fingerprint density at radius 3 is 2.71 bits per heavy atom. The molecule has 180 valence electrons. The highest BCUT2D eigenvalue weighted by Gasteiger charge is 2.25. The molecule has 4 rings (SSSR count). The molecule has 0 unspecified atom stereocenters. The average Bonchev–Trinajstić information content (AvgIpc) is 3.48. The van der Waals surface area contributed by atoms with Crippen LogP contribution in [0, 0.1) is 0 Å². The molecule has 0 fully saturated rings. The number of nitrogens with zero attached hydrogens (tertiary/aromatic N) is 7. The second-order valence-corrected chi connectivity index (χ2v) is 7.49. The minimum Gasteiger partial charge on any atom is -0.504 e. The molecule has 35 heavy (non-hydrogen) atoms. The molecule has 0 bridgehead atoms. The maximum Gasteiger partial charge on any atom is 0.293 e. The van der Waals surface area contributed by atoms with Crippen molar-refractivity contribution >= 4 is 23.1 Å². The van der Waals surface area contributed by atoms with Gasteiger partial charge in [-0.25, -0.2) is 10.1 Å². The van der Waals surface area contributed by atoms with Crippen molar-refractivity contribution in [2.75, 3.05) is 24.8 Å². The minimum atomic E-state index is -0.590. The Kier molecular flexibility index (Phi) is 6.57. The third kappa shape index (κ3) is 4.88. The van der Waals surface area contributed by atoms with E-state index in [4.69, 9.17) is 15.1 Å². The number of amides is 1. The number of aromatic nitrogens is 5. The Morgan fingerprint density at radius 2 is 2.03 bits per heavy atom. The first kappa shape index (κ1) is 23.2. The van der Waals surface area contributed by atoms with Gasteiger partial charge in [0.1, 0.15) is 0 Å². The van der Waals surface area contributed by atoms with Gasteiger partial charge >= 0.3 is 0 Å². The second-order valence-electron chi connectivity index (χ2n) is 7.49. The highest BCUT2D eigenvalue weighted by atomic mass is 16.6. The number of hydrogen-bond acceptors (Lipinski definition) is 11. The molecule has 0 aliphatic rings.